The van der Waals surface area contributed by atoms with E-state index in [9.17, 15) is 17.2 Å². The number of nitrogens with zero attached hydrogens (tertiary/aromatic N) is 1. The molecule has 160 valence electrons. The number of anilines is 1. The van der Waals surface area contributed by atoms with Crippen molar-refractivity contribution in [1.29, 1.82) is 0 Å². The quantitative estimate of drug-likeness (QED) is 0.542. The lowest BCUT2D eigenvalue weighted by molar-refractivity contribution is 0.0736. The van der Waals surface area contributed by atoms with Crippen molar-refractivity contribution in [3.05, 3.63) is 53.5 Å². The van der Waals surface area contributed by atoms with Crippen LogP contribution in [-0.2, 0) is 10.0 Å². The third kappa shape index (κ3) is 3.94. The molecule has 0 aliphatic carbocycles. The lowest BCUT2D eigenvalue weighted by Crippen LogP contribution is -2.44. The molecule has 4 rings (SSSR count). The fourth-order valence-corrected chi connectivity index (χ4v) is 5.08. The van der Waals surface area contributed by atoms with Crippen molar-refractivity contribution in [1.82, 2.24) is 5.32 Å². The van der Waals surface area contributed by atoms with Crippen molar-refractivity contribution in [2.24, 2.45) is 0 Å². The van der Waals surface area contributed by atoms with Crippen molar-refractivity contribution in [2.75, 3.05) is 16.9 Å². The van der Waals surface area contributed by atoms with E-state index in [1.807, 2.05) is 0 Å². The molecule has 2 atom stereocenters. The summed E-state index contributed by atoms with van der Waals surface area (Å²) in [7, 11) is -4.40. The van der Waals surface area contributed by atoms with Gasteiger partial charge in [-0.15, -0.1) is 0 Å². The number of furan rings is 1. The van der Waals surface area contributed by atoms with Crippen LogP contribution >= 0.6 is 23.4 Å². The van der Waals surface area contributed by atoms with Gasteiger partial charge in [-0.25, -0.2) is 8.78 Å². The Morgan fingerprint density at radius 2 is 2.03 bits per heavy atom. The van der Waals surface area contributed by atoms with E-state index >= 15 is 0 Å². The standard InChI is InChI=1S/C19H16Cl2F2N2O4S/c20-14-2-1-12(22)8-18(14)30(26,27)25(21)13-7-11-4-6-28-19(11)17(9-13)29-16-3-5-24-10-15(16)23/h1-2,4,6-9,15-16,24H,3,5,10H2/t15-,16-/m1/s1. The van der Waals surface area contributed by atoms with E-state index in [4.69, 9.17) is 32.5 Å². The van der Waals surface area contributed by atoms with Gasteiger partial charge in [0.15, 0.2) is 11.3 Å². The van der Waals surface area contributed by atoms with Crippen molar-refractivity contribution >= 4 is 50.1 Å². The molecule has 2 heterocycles. The second kappa shape index (κ2) is 8.22. The monoisotopic (exact) mass is 476 g/mol. The summed E-state index contributed by atoms with van der Waals surface area (Å²) in [5.41, 5.74) is 0.334. The lowest BCUT2D eigenvalue weighted by atomic mass is 10.1. The molecular formula is C19H16Cl2F2N2O4S. The lowest BCUT2D eigenvalue weighted by Gasteiger charge is -2.27. The Morgan fingerprint density at radius 1 is 1.23 bits per heavy atom. The third-order valence-electron chi connectivity index (χ3n) is 4.71. The van der Waals surface area contributed by atoms with E-state index in [1.165, 1.54) is 18.4 Å². The number of fused-ring (bicyclic) bond motifs is 1. The molecule has 1 fully saturated rings. The first-order valence-electron chi connectivity index (χ1n) is 8.96. The minimum absolute atomic E-state index is 0.00485. The van der Waals surface area contributed by atoms with E-state index in [0.29, 0.717) is 27.8 Å². The second-order valence-corrected chi connectivity index (χ2v) is 9.44. The van der Waals surface area contributed by atoms with Gasteiger partial charge in [-0.3, -0.25) is 0 Å². The van der Waals surface area contributed by atoms with Gasteiger partial charge in [-0.2, -0.15) is 12.2 Å². The van der Waals surface area contributed by atoms with Gasteiger partial charge < -0.3 is 14.5 Å². The fraction of sp³-hybridized carbons (Fsp3) is 0.263. The zero-order valence-electron chi connectivity index (χ0n) is 15.3. The maximum absolute atomic E-state index is 14.2. The van der Waals surface area contributed by atoms with Crippen molar-refractivity contribution in [2.45, 2.75) is 23.6 Å². The Morgan fingerprint density at radius 3 is 2.80 bits per heavy atom. The van der Waals surface area contributed by atoms with Crippen LogP contribution in [0.2, 0.25) is 5.02 Å². The Hall–Kier alpha value is -2.07. The summed E-state index contributed by atoms with van der Waals surface area (Å²) in [5.74, 6) is -0.634. The Balaban J connectivity index is 1.74. The van der Waals surface area contributed by atoms with Crippen molar-refractivity contribution in [3.8, 4) is 5.75 Å². The minimum atomic E-state index is -4.40. The molecule has 1 aliphatic heterocycles. The van der Waals surface area contributed by atoms with E-state index in [0.717, 1.165) is 18.2 Å². The van der Waals surface area contributed by atoms with Crippen LogP contribution in [0.4, 0.5) is 14.5 Å². The number of alkyl halides is 1. The molecule has 1 aliphatic rings. The van der Waals surface area contributed by atoms with Crippen LogP contribution in [0.5, 0.6) is 5.75 Å². The minimum Gasteiger partial charge on any atom is -0.483 e. The molecule has 30 heavy (non-hydrogen) atoms. The molecule has 0 radical (unpaired) electrons. The molecule has 0 amide bonds. The number of piperidine rings is 1. The van der Waals surface area contributed by atoms with Gasteiger partial charge in [-0.1, -0.05) is 11.6 Å². The van der Waals surface area contributed by atoms with E-state index in [-0.39, 0.29) is 23.0 Å². The number of rotatable bonds is 5. The molecule has 0 spiro atoms. The number of benzene rings is 2. The van der Waals surface area contributed by atoms with Crippen LogP contribution in [0.3, 0.4) is 0 Å². The predicted octanol–water partition coefficient (Wildman–Crippen LogP) is 4.65. The van der Waals surface area contributed by atoms with E-state index < -0.39 is 33.0 Å². The van der Waals surface area contributed by atoms with Crippen LogP contribution in [-0.4, -0.2) is 33.8 Å². The first-order chi connectivity index (χ1) is 14.3. The summed E-state index contributed by atoms with van der Waals surface area (Å²) in [6.45, 7) is 0.736. The van der Waals surface area contributed by atoms with Gasteiger partial charge in [0.1, 0.15) is 23.0 Å². The summed E-state index contributed by atoms with van der Waals surface area (Å²) in [6, 6.07) is 7.32. The number of nitrogens with one attached hydrogen (secondary N) is 1. The molecule has 0 bridgehead atoms. The van der Waals surface area contributed by atoms with Crippen LogP contribution in [0.25, 0.3) is 11.0 Å². The smallest absolute Gasteiger partial charge is 0.279 e. The Labute approximate surface area is 181 Å². The van der Waals surface area contributed by atoms with Crippen molar-refractivity contribution < 1.29 is 26.4 Å². The van der Waals surface area contributed by atoms with E-state index in [1.54, 1.807) is 6.07 Å². The maximum Gasteiger partial charge on any atom is 0.279 e. The predicted molar refractivity (Wildman–Crippen MR) is 110 cm³/mol. The average Bonchev–Trinajstić information content (AvgIpc) is 3.19. The fourth-order valence-electron chi connectivity index (χ4n) is 3.22. The molecule has 1 aromatic heterocycles. The first-order valence-corrected chi connectivity index (χ1v) is 11.1. The van der Waals surface area contributed by atoms with Gasteiger partial charge in [0, 0.05) is 29.8 Å². The number of ether oxygens (including phenoxy) is 1. The SMILES string of the molecule is O=S(=O)(c1cc(F)ccc1Cl)N(Cl)c1cc(O[C@@H]2CCNC[C@H]2F)c2occc2c1. The summed E-state index contributed by atoms with van der Waals surface area (Å²) in [5, 5.41) is 3.25. The molecule has 2 aromatic carbocycles. The largest absolute Gasteiger partial charge is 0.483 e. The molecule has 1 saturated heterocycles. The average molecular weight is 477 g/mol. The zero-order chi connectivity index (χ0) is 21.5. The van der Waals surface area contributed by atoms with Gasteiger partial charge in [-0.05, 0) is 43.3 Å². The number of hydrogen-bond acceptors (Lipinski definition) is 5. The summed E-state index contributed by atoms with van der Waals surface area (Å²) >= 11 is 12.1. The van der Waals surface area contributed by atoms with Crippen LogP contribution < -0.4 is 13.9 Å². The topological polar surface area (TPSA) is 71.8 Å². The molecule has 6 nitrogen and oxygen atoms in total. The van der Waals surface area contributed by atoms with Crippen molar-refractivity contribution in [3.63, 3.8) is 0 Å². The Bertz CT molecular complexity index is 1190. The normalized spacial score (nSPS) is 19.7. The van der Waals surface area contributed by atoms with Crippen LogP contribution in [0, 0.1) is 5.82 Å². The summed E-state index contributed by atoms with van der Waals surface area (Å²) in [4.78, 5) is -0.490. The van der Waals surface area contributed by atoms with Crippen LogP contribution in [0.15, 0.2) is 52.0 Å². The molecule has 0 saturated carbocycles. The number of hydrogen-bond donors (Lipinski definition) is 1. The highest BCUT2D eigenvalue weighted by Gasteiger charge is 2.30. The summed E-state index contributed by atoms with van der Waals surface area (Å²) < 4.78 is 65.4. The van der Waals surface area contributed by atoms with Gasteiger partial charge >= 0.3 is 0 Å². The number of halogens is 4. The Kier molecular flexibility index (Phi) is 5.80. The zero-order valence-corrected chi connectivity index (χ0v) is 17.6. The maximum atomic E-state index is 14.2. The summed E-state index contributed by atoms with van der Waals surface area (Å²) in [6.07, 6.45) is -0.148. The number of sulfonamides is 1. The molecule has 11 heteroatoms. The molecular weight excluding hydrogens is 461 g/mol. The first kappa shape index (κ1) is 21.2. The van der Waals surface area contributed by atoms with Gasteiger partial charge in [0.05, 0.1) is 17.0 Å². The molecule has 0 unspecified atom stereocenters. The molecule has 3 aromatic rings. The van der Waals surface area contributed by atoms with Gasteiger partial charge in [0.2, 0.25) is 0 Å². The highest BCUT2D eigenvalue weighted by Crippen LogP contribution is 2.38. The van der Waals surface area contributed by atoms with Crippen LogP contribution in [0.1, 0.15) is 6.42 Å². The highest BCUT2D eigenvalue weighted by atomic mass is 35.5. The van der Waals surface area contributed by atoms with E-state index in [2.05, 4.69) is 5.32 Å². The van der Waals surface area contributed by atoms with Gasteiger partial charge in [0.25, 0.3) is 10.0 Å². The molecule has 1 N–H and O–H groups in total. The second-order valence-electron chi connectivity index (χ2n) is 6.74. The third-order valence-corrected chi connectivity index (χ3v) is 7.42. The highest BCUT2D eigenvalue weighted by molar-refractivity contribution is 7.94.